The summed E-state index contributed by atoms with van der Waals surface area (Å²) in [5.41, 5.74) is 1.61. The Bertz CT molecular complexity index is 1010. The molecular formula is C21H21NO5. The van der Waals surface area contributed by atoms with Crippen molar-refractivity contribution in [2.24, 2.45) is 0 Å². The topological polar surface area (TPSA) is 77.8 Å². The summed E-state index contributed by atoms with van der Waals surface area (Å²) in [6.45, 7) is 3.87. The van der Waals surface area contributed by atoms with Gasteiger partial charge in [0.05, 0.1) is 7.11 Å². The predicted octanol–water partition coefficient (Wildman–Crippen LogP) is 3.94. The molecule has 0 aliphatic rings. The van der Waals surface area contributed by atoms with Gasteiger partial charge in [-0.2, -0.15) is 0 Å². The summed E-state index contributed by atoms with van der Waals surface area (Å²) in [4.78, 5) is 23.8. The molecule has 2 aromatic carbocycles. The molecule has 3 aromatic rings. The van der Waals surface area contributed by atoms with Crippen LogP contribution in [0.2, 0.25) is 0 Å². The van der Waals surface area contributed by atoms with Crippen LogP contribution >= 0.6 is 0 Å². The minimum absolute atomic E-state index is 0.161. The second-order valence-corrected chi connectivity index (χ2v) is 6.40. The van der Waals surface area contributed by atoms with Crippen molar-refractivity contribution in [2.45, 2.75) is 19.8 Å². The molecule has 6 nitrogen and oxygen atoms in total. The summed E-state index contributed by atoms with van der Waals surface area (Å²) >= 11 is 0. The van der Waals surface area contributed by atoms with Crippen LogP contribution in [0.25, 0.3) is 11.0 Å². The van der Waals surface area contributed by atoms with Crippen LogP contribution < -0.4 is 20.4 Å². The number of carbonyl (C=O) groups excluding carboxylic acids is 1. The number of rotatable bonds is 6. The maximum absolute atomic E-state index is 12.1. The lowest BCUT2D eigenvalue weighted by Crippen LogP contribution is -2.20. The van der Waals surface area contributed by atoms with Crippen LogP contribution in [0.5, 0.6) is 11.5 Å². The zero-order chi connectivity index (χ0) is 19.4. The summed E-state index contributed by atoms with van der Waals surface area (Å²) < 4.78 is 15.9. The van der Waals surface area contributed by atoms with Gasteiger partial charge in [-0.25, -0.2) is 4.79 Å². The Balaban J connectivity index is 1.69. The maximum Gasteiger partial charge on any atom is 0.336 e. The number of hydrogen-bond donors (Lipinski definition) is 1. The fourth-order valence-electron chi connectivity index (χ4n) is 2.76. The molecule has 0 atom stereocenters. The zero-order valence-corrected chi connectivity index (χ0v) is 15.4. The first-order chi connectivity index (χ1) is 13.0. The van der Waals surface area contributed by atoms with Gasteiger partial charge in [0.25, 0.3) is 5.91 Å². The number of methoxy groups -OCH3 is 1. The normalized spacial score (nSPS) is 10.8. The van der Waals surface area contributed by atoms with E-state index in [9.17, 15) is 9.59 Å². The van der Waals surface area contributed by atoms with E-state index in [1.165, 1.54) is 6.07 Å². The van der Waals surface area contributed by atoms with Gasteiger partial charge in [0.2, 0.25) is 0 Å². The third-order valence-corrected chi connectivity index (χ3v) is 4.11. The van der Waals surface area contributed by atoms with E-state index in [1.807, 2.05) is 19.9 Å². The van der Waals surface area contributed by atoms with Crippen LogP contribution in [0.1, 0.15) is 25.3 Å². The summed E-state index contributed by atoms with van der Waals surface area (Å²) in [7, 11) is 1.58. The lowest BCUT2D eigenvalue weighted by molar-refractivity contribution is -0.118. The number of hydrogen-bond acceptors (Lipinski definition) is 5. The van der Waals surface area contributed by atoms with Gasteiger partial charge < -0.3 is 19.2 Å². The van der Waals surface area contributed by atoms with Crippen LogP contribution in [-0.4, -0.2) is 19.6 Å². The van der Waals surface area contributed by atoms with Crippen molar-refractivity contribution in [3.05, 3.63) is 64.5 Å². The Morgan fingerprint density at radius 3 is 2.44 bits per heavy atom. The molecule has 0 radical (unpaired) electrons. The van der Waals surface area contributed by atoms with E-state index in [-0.39, 0.29) is 18.4 Å². The SMILES string of the molecule is COc1ccc(NC(=O)COc2ccc3c(C(C)C)cc(=O)oc3c2)cc1. The molecule has 0 saturated heterocycles. The van der Waals surface area contributed by atoms with E-state index in [0.717, 1.165) is 10.9 Å². The molecule has 0 unspecified atom stereocenters. The highest BCUT2D eigenvalue weighted by Gasteiger charge is 2.11. The van der Waals surface area contributed by atoms with Crippen molar-refractivity contribution in [2.75, 3.05) is 19.0 Å². The first-order valence-electron chi connectivity index (χ1n) is 8.61. The van der Waals surface area contributed by atoms with Gasteiger partial charge in [-0.05, 0) is 47.9 Å². The highest BCUT2D eigenvalue weighted by molar-refractivity contribution is 5.92. The third-order valence-electron chi connectivity index (χ3n) is 4.11. The first kappa shape index (κ1) is 18.5. The van der Waals surface area contributed by atoms with Crippen LogP contribution in [0, 0.1) is 0 Å². The molecular weight excluding hydrogens is 346 g/mol. The molecule has 6 heteroatoms. The van der Waals surface area contributed by atoms with Crippen LogP contribution in [0.3, 0.4) is 0 Å². The fraction of sp³-hybridized carbons (Fsp3) is 0.238. The van der Waals surface area contributed by atoms with Gasteiger partial charge in [0.15, 0.2) is 6.61 Å². The summed E-state index contributed by atoms with van der Waals surface area (Å²) in [5.74, 6) is 1.07. The Kier molecular flexibility index (Phi) is 5.45. The monoisotopic (exact) mass is 367 g/mol. The van der Waals surface area contributed by atoms with Gasteiger partial charge in [0, 0.05) is 23.2 Å². The van der Waals surface area contributed by atoms with Crippen molar-refractivity contribution in [3.8, 4) is 11.5 Å². The minimum Gasteiger partial charge on any atom is -0.497 e. The fourth-order valence-corrected chi connectivity index (χ4v) is 2.76. The maximum atomic E-state index is 12.1. The number of benzene rings is 2. The highest BCUT2D eigenvalue weighted by Crippen LogP contribution is 2.27. The number of carbonyl (C=O) groups is 1. The first-order valence-corrected chi connectivity index (χ1v) is 8.61. The van der Waals surface area contributed by atoms with E-state index in [4.69, 9.17) is 13.9 Å². The van der Waals surface area contributed by atoms with Gasteiger partial charge in [-0.3, -0.25) is 4.79 Å². The van der Waals surface area contributed by atoms with Crippen molar-refractivity contribution < 1.29 is 18.7 Å². The third kappa shape index (κ3) is 4.47. The number of nitrogens with one attached hydrogen (secondary N) is 1. The van der Waals surface area contributed by atoms with Crippen LogP contribution in [0.15, 0.2) is 57.7 Å². The molecule has 1 aromatic heterocycles. The zero-order valence-electron chi connectivity index (χ0n) is 15.4. The number of amides is 1. The standard InChI is InChI=1S/C21H21NO5/c1-13(2)18-11-21(24)27-19-10-16(8-9-17(18)19)26-12-20(23)22-14-4-6-15(25-3)7-5-14/h4-11,13H,12H2,1-3H3,(H,22,23). The second-order valence-electron chi connectivity index (χ2n) is 6.40. The molecule has 1 amide bonds. The second kappa shape index (κ2) is 7.95. The van der Waals surface area contributed by atoms with E-state index < -0.39 is 5.63 Å². The summed E-state index contributed by atoms with van der Waals surface area (Å²) in [5, 5.41) is 3.60. The van der Waals surface area contributed by atoms with Gasteiger partial charge in [-0.1, -0.05) is 13.8 Å². The summed E-state index contributed by atoms with van der Waals surface area (Å²) in [6, 6.07) is 13.7. The summed E-state index contributed by atoms with van der Waals surface area (Å²) in [6.07, 6.45) is 0. The van der Waals surface area contributed by atoms with Crippen molar-refractivity contribution in [3.63, 3.8) is 0 Å². The Labute approximate surface area is 156 Å². The highest BCUT2D eigenvalue weighted by atomic mass is 16.5. The predicted molar refractivity (Wildman–Crippen MR) is 104 cm³/mol. The van der Waals surface area contributed by atoms with Crippen molar-refractivity contribution in [1.29, 1.82) is 0 Å². The molecule has 140 valence electrons. The molecule has 1 N–H and O–H groups in total. The Hall–Kier alpha value is -3.28. The van der Waals surface area contributed by atoms with Crippen LogP contribution in [-0.2, 0) is 4.79 Å². The molecule has 0 aliphatic heterocycles. The van der Waals surface area contributed by atoms with Crippen LogP contribution in [0.4, 0.5) is 5.69 Å². The average molecular weight is 367 g/mol. The van der Waals surface area contributed by atoms with Gasteiger partial charge >= 0.3 is 5.63 Å². The largest absolute Gasteiger partial charge is 0.497 e. The van der Waals surface area contributed by atoms with Crippen molar-refractivity contribution in [1.82, 2.24) is 0 Å². The number of ether oxygens (including phenoxy) is 2. The molecule has 0 bridgehead atoms. The van der Waals surface area contributed by atoms with E-state index >= 15 is 0 Å². The van der Waals surface area contributed by atoms with Gasteiger partial charge in [0.1, 0.15) is 17.1 Å². The molecule has 3 rings (SSSR count). The number of anilines is 1. The Morgan fingerprint density at radius 1 is 1.07 bits per heavy atom. The average Bonchev–Trinajstić information content (AvgIpc) is 2.66. The molecule has 27 heavy (non-hydrogen) atoms. The molecule has 0 saturated carbocycles. The smallest absolute Gasteiger partial charge is 0.336 e. The molecule has 0 spiro atoms. The minimum atomic E-state index is -0.402. The lowest BCUT2D eigenvalue weighted by Gasteiger charge is -2.11. The molecule has 1 heterocycles. The van der Waals surface area contributed by atoms with E-state index in [2.05, 4.69) is 5.32 Å². The number of fused-ring (bicyclic) bond motifs is 1. The van der Waals surface area contributed by atoms with E-state index in [0.29, 0.717) is 22.8 Å². The quantitative estimate of drug-likeness (QED) is 0.668. The molecule has 0 aliphatic carbocycles. The lowest BCUT2D eigenvalue weighted by atomic mass is 10.00. The van der Waals surface area contributed by atoms with Crippen molar-refractivity contribution >= 4 is 22.6 Å². The van der Waals surface area contributed by atoms with Gasteiger partial charge in [-0.15, -0.1) is 0 Å². The van der Waals surface area contributed by atoms with E-state index in [1.54, 1.807) is 43.5 Å². The molecule has 0 fully saturated rings. The Morgan fingerprint density at radius 2 is 1.78 bits per heavy atom.